The fourth-order valence-electron chi connectivity index (χ4n) is 2.95. The Morgan fingerprint density at radius 2 is 1.95 bits per heavy atom. The summed E-state index contributed by atoms with van der Waals surface area (Å²) in [6.45, 7) is 2.26. The number of rotatable bonds is 3. The second kappa shape index (κ2) is 5.83. The number of methoxy groups -OCH3 is 2. The zero-order chi connectivity index (χ0) is 13.9. The highest BCUT2D eigenvalue weighted by molar-refractivity contribution is 5.44. The molecule has 19 heavy (non-hydrogen) atoms. The Kier molecular flexibility index (Phi) is 4.35. The molecule has 1 fully saturated rings. The van der Waals surface area contributed by atoms with Crippen LogP contribution in [-0.4, -0.2) is 19.3 Å². The van der Waals surface area contributed by atoms with Gasteiger partial charge in [-0.2, -0.15) is 0 Å². The summed E-state index contributed by atoms with van der Waals surface area (Å²) in [5.74, 6) is 2.17. The summed E-state index contributed by atoms with van der Waals surface area (Å²) >= 11 is 0. The number of hydrogen-bond acceptors (Lipinski definition) is 3. The highest BCUT2D eigenvalue weighted by Gasteiger charge is 2.34. The lowest BCUT2D eigenvalue weighted by atomic mass is 9.85. The van der Waals surface area contributed by atoms with Crippen molar-refractivity contribution in [3.63, 3.8) is 0 Å². The molecule has 0 aliphatic heterocycles. The SMILES string of the molecule is COc1ccc(C2(O)CCCC(C)CC2)c(OC)c1. The Hall–Kier alpha value is -1.22. The molecule has 1 aromatic carbocycles. The van der Waals surface area contributed by atoms with Gasteiger partial charge in [0.15, 0.2) is 0 Å². The fraction of sp³-hybridized carbons (Fsp3) is 0.625. The van der Waals surface area contributed by atoms with Gasteiger partial charge in [0.05, 0.1) is 19.8 Å². The van der Waals surface area contributed by atoms with E-state index >= 15 is 0 Å². The quantitative estimate of drug-likeness (QED) is 0.849. The van der Waals surface area contributed by atoms with Gasteiger partial charge in [0.25, 0.3) is 0 Å². The van der Waals surface area contributed by atoms with Crippen molar-refractivity contribution in [2.75, 3.05) is 14.2 Å². The summed E-state index contributed by atoms with van der Waals surface area (Å²) in [6, 6.07) is 5.68. The summed E-state index contributed by atoms with van der Waals surface area (Å²) in [4.78, 5) is 0. The monoisotopic (exact) mass is 264 g/mol. The van der Waals surface area contributed by atoms with Gasteiger partial charge in [-0.3, -0.25) is 0 Å². The first-order valence-corrected chi connectivity index (χ1v) is 7.04. The standard InChI is InChI=1S/C16H24O3/c1-12-5-4-9-16(17,10-8-12)14-7-6-13(18-2)11-15(14)19-3/h6-7,11-12,17H,4-5,8-10H2,1-3H3. The van der Waals surface area contributed by atoms with Crippen LogP contribution in [0.15, 0.2) is 18.2 Å². The van der Waals surface area contributed by atoms with Gasteiger partial charge in [-0.1, -0.05) is 13.3 Å². The van der Waals surface area contributed by atoms with Crippen LogP contribution < -0.4 is 9.47 Å². The molecule has 3 nitrogen and oxygen atoms in total. The highest BCUT2D eigenvalue weighted by atomic mass is 16.5. The highest BCUT2D eigenvalue weighted by Crippen LogP contribution is 2.42. The number of hydrogen-bond donors (Lipinski definition) is 1. The van der Waals surface area contributed by atoms with E-state index in [1.165, 1.54) is 6.42 Å². The Morgan fingerprint density at radius 1 is 1.16 bits per heavy atom. The van der Waals surface area contributed by atoms with Crippen LogP contribution in [0.2, 0.25) is 0 Å². The summed E-state index contributed by atoms with van der Waals surface area (Å²) in [6.07, 6.45) is 4.93. The molecule has 0 spiro atoms. The van der Waals surface area contributed by atoms with E-state index in [-0.39, 0.29) is 0 Å². The molecule has 106 valence electrons. The first-order chi connectivity index (χ1) is 9.09. The van der Waals surface area contributed by atoms with Crippen LogP contribution in [0.4, 0.5) is 0 Å². The first-order valence-electron chi connectivity index (χ1n) is 7.04. The smallest absolute Gasteiger partial charge is 0.128 e. The van der Waals surface area contributed by atoms with Gasteiger partial charge in [-0.15, -0.1) is 0 Å². The van der Waals surface area contributed by atoms with Crippen molar-refractivity contribution >= 4 is 0 Å². The Labute approximate surface area is 115 Å². The van der Waals surface area contributed by atoms with Crippen LogP contribution in [0.25, 0.3) is 0 Å². The lowest BCUT2D eigenvalue weighted by Crippen LogP contribution is -2.25. The summed E-state index contributed by atoms with van der Waals surface area (Å²) < 4.78 is 10.6. The third-order valence-corrected chi connectivity index (χ3v) is 4.25. The van der Waals surface area contributed by atoms with E-state index in [1.807, 2.05) is 18.2 Å². The molecule has 0 bridgehead atoms. The van der Waals surface area contributed by atoms with Crippen LogP contribution in [-0.2, 0) is 5.60 Å². The van der Waals surface area contributed by atoms with E-state index in [0.29, 0.717) is 5.92 Å². The molecule has 1 saturated carbocycles. The molecular formula is C16H24O3. The fourth-order valence-corrected chi connectivity index (χ4v) is 2.95. The van der Waals surface area contributed by atoms with Gasteiger partial charge >= 0.3 is 0 Å². The van der Waals surface area contributed by atoms with Gasteiger partial charge < -0.3 is 14.6 Å². The Balaban J connectivity index is 2.33. The minimum absolute atomic E-state index is 0.693. The molecule has 0 amide bonds. The van der Waals surface area contributed by atoms with Gasteiger partial charge in [0.2, 0.25) is 0 Å². The molecule has 2 atom stereocenters. The van der Waals surface area contributed by atoms with Crippen molar-refractivity contribution in [1.29, 1.82) is 0 Å². The Morgan fingerprint density at radius 3 is 2.63 bits per heavy atom. The van der Waals surface area contributed by atoms with Crippen molar-refractivity contribution in [3.05, 3.63) is 23.8 Å². The van der Waals surface area contributed by atoms with Crippen molar-refractivity contribution in [2.24, 2.45) is 5.92 Å². The second-order valence-corrected chi connectivity index (χ2v) is 5.63. The van der Waals surface area contributed by atoms with Gasteiger partial charge in [0.1, 0.15) is 11.5 Å². The normalized spacial score (nSPS) is 27.7. The molecule has 1 aliphatic carbocycles. The van der Waals surface area contributed by atoms with Crippen LogP contribution >= 0.6 is 0 Å². The average Bonchev–Trinajstić information content (AvgIpc) is 2.61. The van der Waals surface area contributed by atoms with Crippen LogP contribution in [0.3, 0.4) is 0 Å². The first kappa shape index (κ1) is 14.2. The van der Waals surface area contributed by atoms with Gasteiger partial charge in [-0.05, 0) is 43.7 Å². The van der Waals surface area contributed by atoms with E-state index in [0.717, 1.165) is 42.7 Å². The molecule has 0 radical (unpaired) electrons. The van der Waals surface area contributed by atoms with E-state index in [9.17, 15) is 5.11 Å². The maximum Gasteiger partial charge on any atom is 0.128 e. The lowest BCUT2D eigenvalue weighted by Gasteiger charge is -2.29. The number of benzene rings is 1. The minimum Gasteiger partial charge on any atom is -0.497 e. The Bertz CT molecular complexity index is 430. The van der Waals surface area contributed by atoms with Crippen molar-refractivity contribution in [2.45, 2.75) is 44.6 Å². The third kappa shape index (κ3) is 3.03. The molecule has 1 N–H and O–H groups in total. The van der Waals surface area contributed by atoms with Crippen LogP contribution in [0.5, 0.6) is 11.5 Å². The maximum absolute atomic E-state index is 11.0. The zero-order valence-corrected chi connectivity index (χ0v) is 12.1. The predicted molar refractivity (Wildman–Crippen MR) is 75.7 cm³/mol. The molecule has 2 rings (SSSR count). The zero-order valence-electron chi connectivity index (χ0n) is 12.1. The molecule has 0 saturated heterocycles. The summed E-state index contributed by atoms with van der Waals surface area (Å²) in [5, 5.41) is 11.0. The van der Waals surface area contributed by atoms with Crippen molar-refractivity contribution in [1.82, 2.24) is 0 Å². The lowest BCUT2D eigenvalue weighted by molar-refractivity contribution is 0.0176. The second-order valence-electron chi connectivity index (χ2n) is 5.63. The molecular weight excluding hydrogens is 240 g/mol. The molecule has 0 aromatic heterocycles. The van der Waals surface area contributed by atoms with E-state index in [1.54, 1.807) is 14.2 Å². The van der Waals surface area contributed by atoms with Crippen molar-refractivity contribution in [3.8, 4) is 11.5 Å². The average molecular weight is 264 g/mol. The molecule has 1 aromatic rings. The molecule has 2 unspecified atom stereocenters. The third-order valence-electron chi connectivity index (χ3n) is 4.25. The predicted octanol–water partition coefficient (Wildman–Crippen LogP) is 3.49. The largest absolute Gasteiger partial charge is 0.497 e. The van der Waals surface area contributed by atoms with Crippen LogP contribution in [0.1, 0.15) is 44.6 Å². The molecule has 0 heterocycles. The minimum atomic E-state index is -0.762. The molecule has 3 heteroatoms. The van der Waals surface area contributed by atoms with Gasteiger partial charge in [0, 0.05) is 11.6 Å². The van der Waals surface area contributed by atoms with Crippen LogP contribution in [0, 0.1) is 5.92 Å². The number of aliphatic hydroxyl groups is 1. The summed E-state index contributed by atoms with van der Waals surface area (Å²) in [7, 11) is 3.28. The van der Waals surface area contributed by atoms with E-state index < -0.39 is 5.60 Å². The molecule has 1 aliphatic rings. The maximum atomic E-state index is 11.0. The van der Waals surface area contributed by atoms with Crippen molar-refractivity contribution < 1.29 is 14.6 Å². The van der Waals surface area contributed by atoms with E-state index in [4.69, 9.17) is 9.47 Å². The topological polar surface area (TPSA) is 38.7 Å². The summed E-state index contributed by atoms with van der Waals surface area (Å²) in [5.41, 5.74) is 0.132. The van der Waals surface area contributed by atoms with E-state index in [2.05, 4.69) is 6.92 Å². The number of ether oxygens (including phenoxy) is 2. The van der Waals surface area contributed by atoms with Gasteiger partial charge in [-0.25, -0.2) is 0 Å².